The summed E-state index contributed by atoms with van der Waals surface area (Å²) in [6.07, 6.45) is 10.6. The van der Waals surface area contributed by atoms with Gasteiger partial charge >= 0.3 is 0 Å². The Hall–Kier alpha value is -0.870. The normalized spacial score (nSPS) is 30.5. The summed E-state index contributed by atoms with van der Waals surface area (Å²) in [7, 11) is 0. The molecule has 2 saturated heterocycles. The molecule has 4 nitrogen and oxygen atoms in total. The fraction of sp³-hybridized carbons (Fsp3) is 0.786. The zero-order chi connectivity index (χ0) is 12.4. The molecule has 0 spiro atoms. The number of nitrogens with one attached hydrogen (secondary N) is 1. The fourth-order valence-electron chi connectivity index (χ4n) is 3.19. The third-order valence-electron chi connectivity index (χ3n) is 4.31. The molecule has 3 atom stereocenters. The molecule has 100 valence electrons. The first kappa shape index (κ1) is 12.2. The van der Waals surface area contributed by atoms with Crippen molar-refractivity contribution in [3.63, 3.8) is 0 Å². The van der Waals surface area contributed by atoms with Gasteiger partial charge in [0, 0.05) is 18.8 Å². The van der Waals surface area contributed by atoms with Gasteiger partial charge in [0.15, 0.2) is 0 Å². The maximum Gasteiger partial charge on any atom is 0.0952 e. The predicted molar refractivity (Wildman–Crippen MR) is 70.5 cm³/mol. The Balaban J connectivity index is 1.77. The van der Waals surface area contributed by atoms with E-state index in [4.69, 9.17) is 4.74 Å². The van der Waals surface area contributed by atoms with Gasteiger partial charge in [0.1, 0.15) is 0 Å². The monoisotopic (exact) mass is 249 g/mol. The summed E-state index contributed by atoms with van der Waals surface area (Å²) in [5, 5.41) is 3.61. The van der Waals surface area contributed by atoms with E-state index in [1.54, 1.807) is 0 Å². The van der Waals surface area contributed by atoms with Crippen LogP contribution in [0.1, 0.15) is 56.8 Å². The van der Waals surface area contributed by atoms with Gasteiger partial charge in [-0.15, -0.1) is 0 Å². The second-order valence-electron chi connectivity index (χ2n) is 5.52. The molecule has 1 aromatic rings. The summed E-state index contributed by atoms with van der Waals surface area (Å²) in [5.41, 5.74) is 1.33. The second kappa shape index (κ2) is 5.41. The molecule has 0 aliphatic carbocycles. The summed E-state index contributed by atoms with van der Waals surface area (Å²) >= 11 is 0. The lowest BCUT2D eigenvalue weighted by molar-refractivity contribution is 0.0716. The predicted octanol–water partition coefficient (Wildman–Crippen LogP) is 2.44. The van der Waals surface area contributed by atoms with Crippen LogP contribution in [0.3, 0.4) is 0 Å². The number of nitrogens with zero attached hydrogens (tertiary/aromatic N) is 2. The first-order chi connectivity index (χ1) is 8.86. The van der Waals surface area contributed by atoms with Crippen LogP contribution in [0, 0.1) is 0 Å². The van der Waals surface area contributed by atoms with Crippen molar-refractivity contribution in [1.82, 2.24) is 14.9 Å². The van der Waals surface area contributed by atoms with E-state index >= 15 is 0 Å². The molecular formula is C14H23N3O. The van der Waals surface area contributed by atoms with Crippen molar-refractivity contribution in [2.24, 2.45) is 0 Å². The lowest BCUT2D eigenvalue weighted by Gasteiger charge is -2.28. The number of aromatic nitrogens is 2. The molecule has 2 aliphatic rings. The lowest BCUT2D eigenvalue weighted by Crippen LogP contribution is -2.30. The Morgan fingerprint density at radius 2 is 2.33 bits per heavy atom. The molecule has 2 aliphatic heterocycles. The largest absolute Gasteiger partial charge is 0.376 e. The van der Waals surface area contributed by atoms with Crippen LogP contribution < -0.4 is 5.32 Å². The van der Waals surface area contributed by atoms with E-state index < -0.39 is 0 Å². The second-order valence-corrected chi connectivity index (χ2v) is 5.52. The zero-order valence-electron chi connectivity index (χ0n) is 11.1. The average molecular weight is 249 g/mol. The summed E-state index contributed by atoms with van der Waals surface area (Å²) in [6.45, 7) is 4.30. The fourth-order valence-corrected chi connectivity index (χ4v) is 3.19. The SMILES string of the molecule is CC(C1CCCO1)n1cncc1C1CCCCN1. The van der Waals surface area contributed by atoms with Gasteiger partial charge in [-0.1, -0.05) is 6.42 Å². The van der Waals surface area contributed by atoms with Crippen molar-refractivity contribution in [2.45, 2.75) is 57.2 Å². The molecule has 0 radical (unpaired) electrons. The number of hydrogen-bond donors (Lipinski definition) is 1. The van der Waals surface area contributed by atoms with Crippen LogP contribution in [0.25, 0.3) is 0 Å². The minimum atomic E-state index is 0.363. The van der Waals surface area contributed by atoms with Crippen LogP contribution >= 0.6 is 0 Å². The number of piperidine rings is 1. The maximum absolute atomic E-state index is 5.81. The highest BCUT2D eigenvalue weighted by atomic mass is 16.5. The highest BCUT2D eigenvalue weighted by molar-refractivity contribution is 5.08. The van der Waals surface area contributed by atoms with Crippen molar-refractivity contribution >= 4 is 0 Å². The quantitative estimate of drug-likeness (QED) is 0.894. The van der Waals surface area contributed by atoms with Gasteiger partial charge < -0.3 is 14.6 Å². The molecule has 1 aromatic heterocycles. The minimum Gasteiger partial charge on any atom is -0.376 e. The zero-order valence-corrected chi connectivity index (χ0v) is 11.1. The molecule has 0 aromatic carbocycles. The molecule has 0 saturated carbocycles. The molecule has 0 bridgehead atoms. The van der Waals surface area contributed by atoms with Gasteiger partial charge in [0.2, 0.25) is 0 Å². The van der Waals surface area contributed by atoms with Crippen molar-refractivity contribution in [2.75, 3.05) is 13.2 Å². The third-order valence-corrected chi connectivity index (χ3v) is 4.31. The Labute approximate surface area is 109 Å². The highest BCUT2D eigenvalue weighted by Gasteiger charge is 2.27. The van der Waals surface area contributed by atoms with Crippen molar-refractivity contribution in [3.05, 3.63) is 18.2 Å². The minimum absolute atomic E-state index is 0.363. The summed E-state index contributed by atoms with van der Waals surface area (Å²) < 4.78 is 8.13. The van der Waals surface area contributed by atoms with E-state index in [0.717, 1.165) is 13.2 Å². The number of imidazole rings is 1. The van der Waals surface area contributed by atoms with Gasteiger partial charge in [-0.2, -0.15) is 0 Å². The van der Waals surface area contributed by atoms with Gasteiger partial charge in [-0.3, -0.25) is 0 Å². The number of hydrogen-bond acceptors (Lipinski definition) is 3. The lowest BCUT2D eigenvalue weighted by atomic mass is 10.0. The molecule has 4 heteroatoms. The van der Waals surface area contributed by atoms with Crippen LogP contribution in [0.4, 0.5) is 0 Å². The molecule has 3 heterocycles. The average Bonchev–Trinajstić information content (AvgIpc) is 3.10. The maximum atomic E-state index is 5.81. The summed E-state index contributed by atoms with van der Waals surface area (Å²) in [4.78, 5) is 4.36. The number of ether oxygens (including phenoxy) is 1. The van der Waals surface area contributed by atoms with E-state index in [0.29, 0.717) is 18.2 Å². The Kier molecular flexibility index (Phi) is 3.66. The molecule has 2 fully saturated rings. The van der Waals surface area contributed by atoms with Crippen molar-refractivity contribution in [1.29, 1.82) is 0 Å². The van der Waals surface area contributed by atoms with Crippen LogP contribution in [0.15, 0.2) is 12.5 Å². The Morgan fingerprint density at radius 1 is 1.39 bits per heavy atom. The summed E-state index contributed by atoms with van der Waals surface area (Å²) in [5.74, 6) is 0. The first-order valence-electron chi connectivity index (χ1n) is 7.23. The highest BCUT2D eigenvalue weighted by Crippen LogP contribution is 2.29. The van der Waals surface area contributed by atoms with Gasteiger partial charge in [-0.05, 0) is 39.2 Å². The van der Waals surface area contributed by atoms with Gasteiger partial charge in [0.25, 0.3) is 0 Å². The molecule has 18 heavy (non-hydrogen) atoms. The van der Waals surface area contributed by atoms with E-state index in [-0.39, 0.29) is 0 Å². The van der Waals surface area contributed by atoms with Crippen LogP contribution in [-0.4, -0.2) is 28.8 Å². The smallest absolute Gasteiger partial charge is 0.0952 e. The van der Waals surface area contributed by atoms with Crippen LogP contribution in [0.5, 0.6) is 0 Å². The molecule has 0 amide bonds. The van der Waals surface area contributed by atoms with Crippen molar-refractivity contribution < 1.29 is 4.74 Å². The van der Waals surface area contributed by atoms with E-state index in [1.165, 1.54) is 37.8 Å². The van der Waals surface area contributed by atoms with Gasteiger partial charge in [0.05, 0.1) is 24.2 Å². The van der Waals surface area contributed by atoms with Gasteiger partial charge in [-0.25, -0.2) is 4.98 Å². The standard InChI is InChI=1S/C14H23N3O/c1-11(14-6-4-8-18-14)17-10-15-9-13(17)12-5-2-3-7-16-12/h9-12,14,16H,2-8H2,1H3. The van der Waals surface area contributed by atoms with Crippen molar-refractivity contribution in [3.8, 4) is 0 Å². The van der Waals surface area contributed by atoms with E-state index in [1.807, 2.05) is 12.5 Å². The van der Waals surface area contributed by atoms with Crippen LogP contribution in [0.2, 0.25) is 0 Å². The molecule has 3 unspecified atom stereocenters. The molecule has 3 rings (SSSR count). The Bertz CT molecular complexity index is 378. The first-order valence-corrected chi connectivity index (χ1v) is 7.23. The van der Waals surface area contributed by atoms with E-state index in [9.17, 15) is 0 Å². The Morgan fingerprint density at radius 3 is 3.06 bits per heavy atom. The topological polar surface area (TPSA) is 39.1 Å². The number of rotatable bonds is 3. The van der Waals surface area contributed by atoms with Crippen LogP contribution in [-0.2, 0) is 4.74 Å². The summed E-state index contributed by atoms with van der Waals surface area (Å²) in [6, 6.07) is 0.874. The third kappa shape index (κ3) is 2.31. The van der Waals surface area contributed by atoms with E-state index in [2.05, 4.69) is 21.8 Å². The molecule has 1 N–H and O–H groups in total. The molecular weight excluding hydrogens is 226 g/mol.